The molecule has 2 unspecified atom stereocenters. The second-order valence-electron chi connectivity index (χ2n) is 7.39. The maximum atomic E-state index is 12.8. The Morgan fingerprint density at radius 2 is 1.85 bits per heavy atom. The SMILES string of the molecule is CC(C)CC1(C(=O)NC2CCCCC2CO)CCCC1. The molecule has 2 aliphatic carbocycles. The predicted molar refractivity (Wildman–Crippen MR) is 81.3 cm³/mol. The van der Waals surface area contributed by atoms with Crippen LogP contribution in [0.1, 0.15) is 71.6 Å². The van der Waals surface area contributed by atoms with Gasteiger partial charge in [-0.15, -0.1) is 0 Å². The number of amides is 1. The lowest BCUT2D eigenvalue weighted by Crippen LogP contribution is -2.49. The fourth-order valence-corrected chi connectivity index (χ4v) is 4.29. The van der Waals surface area contributed by atoms with Crippen molar-refractivity contribution >= 4 is 5.91 Å². The molecule has 0 aliphatic heterocycles. The highest BCUT2D eigenvalue weighted by Crippen LogP contribution is 2.43. The van der Waals surface area contributed by atoms with Crippen LogP contribution in [0, 0.1) is 17.3 Å². The lowest BCUT2D eigenvalue weighted by atomic mass is 9.76. The first-order valence-electron chi connectivity index (χ1n) is 8.49. The topological polar surface area (TPSA) is 49.3 Å². The minimum Gasteiger partial charge on any atom is -0.396 e. The molecule has 0 spiro atoms. The minimum atomic E-state index is -0.119. The van der Waals surface area contributed by atoms with Gasteiger partial charge >= 0.3 is 0 Å². The normalized spacial score (nSPS) is 29.6. The van der Waals surface area contributed by atoms with Gasteiger partial charge in [-0.2, -0.15) is 0 Å². The van der Waals surface area contributed by atoms with Crippen LogP contribution in [0.25, 0.3) is 0 Å². The van der Waals surface area contributed by atoms with Crippen molar-refractivity contribution in [1.29, 1.82) is 0 Å². The summed E-state index contributed by atoms with van der Waals surface area (Å²) in [4.78, 5) is 12.8. The Bertz CT molecular complexity index is 321. The van der Waals surface area contributed by atoms with Crippen LogP contribution in [0.15, 0.2) is 0 Å². The number of rotatable bonds is 5. The largest absolute Gasteiger partial charge is 0.396 e. The van der Waals surface area contributed by atoms with Crippen LogP contribution in [-0.2, 0) is 4.79 Å². The summed E-state index contributed by atoms with van der Waals surface area (Å²) >= 11 is 0. The Labute approximate surface area is 123 Å². The highest BCUT2D eigenvalue weighted by molar-refractivity contribution is 5.83. The molecule has 0 bridgehead atoms. The van der Waals surface area contributed by atoms with Crippen LogP contribution >= 0.6 is 0 Å². The fraction of sp³-hybridized carbons (Fsp3) is 0.941. The van der Waals surface area contributed by atoms with Gasteiger partial charge in [0, 0.05) is 24.0 Å². The number of aliphatic hydroxyl groups excluding tert-OH is 1. The lowest BCUT2D eigenvalue weighted by Gasteiger charge is -2.36. The van der Waals surface area contributed by atoms with Crippen LogP contribution in [0.2, 0.25) is 0 Å². The molecule has 0 aromatic carbocycles. The molecular weight excluding hydrogens is 250 g/mol. The molecule has 2 aliphatic rings. The van der Waals surface area contributed by atoms with E-state index in [1.807, 2.05) is 0 Å². The average molecular weight is 281 g/mol. The third-order valence-electron chi connectivity index (χ3n) is 5.30. The molecule has 2 fully saturated rings. The number of carbonyl (C=O) groups excluding carboxylic acids is 1. The lowest BCUT2D eigenvalue weighted by molar-refractivity contribution is -0.133. The summed E-state index contributed by atoms with van der Waals surface area (Å²) in [5.74, 6) is 1.11. The van der Waals surface area contributed by atoms with Gasteiger partial charge in [-0.25, -0.2) is 0 Å². The molecule has 2 rings (SSSR count). The Morgan fingerprint density at radius 3 is 2.45 bits per heavy atom. The van der Waals surface area contributed by atoms with Crippen molar-refractivity contribution in [2.24, 2.45) is 17.3 Å². The Morgan fingerprint density at radius 1 is 1.20 bits per heavy atom. The van der Waals surface area contributed by atoms with Gasteiger partial charge in [-0.05, 0) is 38.0 Å². The summed E-state index contributed by atoms with van der Waals surface area (Å²) in [5, 5.41) is 12.8. The third-order valence-corrected chi connectivity index (χ3v) is 5.30. The quantitative estimate of drug-likeness (QED) is 0.812. The minimum absolute atomic E-state index is 0.119. The van der Waals surface area contributed by atoms with E-state index in [1.54, 1.807) is 0 Å². The van der Waals surface area contributed by atoms with E-state index in [0.29, 0.717) is 5.92 Å². The Hall–Kier alpha value is -0.570. The number of carbonyl (C=O) groups is 1. The summed E-state index contributed by atoms with van der Waals surface area (Å²) in [6.07, 6.45) is 9.94. The van der Waals surface area contributed by atoms with Crippen LogP contribution < -0.4 is 5.32 Å². The monoisotopic (exact) mass is 281 g/mol. The Balaban J connectivity index is 2.00. The van der Waals surface area contributed by atoms with Crippen LogP contribution in [0.4, 0.5) is 0 Å². The van der Waals surface area contributed by atoms with Crippen molar-refractivity contribution < 1.29 is 9.90 Å². The molecule has 3 heteroatoms. The summed E-state index contributed by atoms with van der Waals surface area (Å²) in [7, 11) is 0. The maximum absolute atomic E-state index is 12.8. The molecule has 0 saturated heterocycles. The van der Waals surface area contributed by atoms with E-state index < -0.39 is 0 Å². The fourth-order valence-electron chi connectivity index (χ4n) is 4.29. The van der Waals surface area contributed by atoms with Crippen molar-refractivity contribution in [2.45, 2.75) is 77.7 Å². The summed E-state index contributed by atoms with van der Waals surface area (Å²) in [6.45, 7) is 4.64. The first kappa shape index (κ1) is 15.8. The van der Waals surface area contributed by atoms with Gasteiger partial charge in [0.1, 0.15) is 0 Å². The second kappa shape index (κ2) is 6.93. The summed E-state index contributed by atoms with van der Waals surface area (Å²) in [6, 6.07) is 0.200. The van der Waals surface area contributed by atoms with Crippen molar-refractivity contribution in [3.63, 3.8) is 0 Å². The standard InChI is InChI=1S/C17H31NO2/c1-13(2)11-17(9-5-6-10-17)16(20)18-15-8-4-3-7-14(15)12-19/h13-15,19H,3-12H2,1-2H3,(H,18,20). The van der Waals surface area contributed by atoms with Gasteiger partial charge in [-0.1, -0.05) is 39.5 Å². The molecule has 2 atom stereocenters. The number of hydrogen-bond acceptors (Lipinski definition) is 2. The number of aliphatic hydroxyl groups is 1. The molecule has 0 heterocycles. The highest BCUT2D eigenvalue weighted by Gasteiger charge is 2.42. The van der Waals surface area contributed by atoms with Gasteiger partial charge in [0.05, 0.1) is 0 Å². The predicted octanol–water partition coefficient (Wildman–Crippen LogP) is 3.26. The van der Waals surface area contributed by atoms with E-state index >= 15 is 0 Å². The van der Waals surface area contributed by atoms with E-state index in [4.69, 9.17) is 0 Å². The zero-order valence-electron chi connectivity index (χ0n) is 13.2. The van der Waals surface area contributed by atoms with Crippen LogP contribution in [0.5, 0.6) is 0 Å². The van der Waals surface area contributed by atoms with Crippen molar-refractivity contribution in [2.75, 3.05) is 6.61 Å². The molecule has 2 saturated carbocycles. The summed E-state index contributed by atoms with van der Waals surface area (Å²) < 4.78 is 0. The first-order chi connectivity index (χ1) is 9.57. The summed E-state index contributed by atoms with van der Waals surface area (Å²) in [5.41, 5.74) is -0.119. The maximum Gasteiger partial charge on any atom is 0.226 e. The van der Waals surface area contributed by atoms with E-state index in [0.717, 1.165) is 32.1 Å². The van der Waals surface area contributed by atoms with E-state index in [-0.39, 0.29) is 29.9 Å². The molecule has 1 amide bonds. The molecule has 0 aromatic heterocycles. The first-order valence-corrected chi connectivity index (χ1v) is 8.49. The molecule has 2 N–H and O–H groups in total. The third kappa shape index (κ3) is 3.55. The van der Waals surface area contributed by atoms with Gasteiger partial charge in [-0.3, -0.25) is 4.79 Å². The van der Waals surface area contributed by atoms with Crippen LogP contribution in [0.3, 0.4) is 0 Å². The van der Waals surface area contributed by atoms with Crippen LogP contribution in [-0.4, -0.2) is 23.7 Å². The van der Waals surface area contributed by atoms with Crippen molar-refractivity contribution in [1.82, 2.24) is 5.32 Å². The van der Waals surface area contributed by atoms with Gasteiger partial charge in [0.15, 0.2) is 0 Å². The number of nitrogens with one attached hydrogen (secondary N) is 1. The van der Waals surface area contributed by atoms with Gasteiger partial charge < -0.3 is 10.4 Å². The molecule has 3 nitrogen and oxygen atoms in total. The average Bonchev–Trinajstić information content (AvgIpc) is 2.88. The van der Waals surface area contributed by atoms with E-state index in [9.17, 15) is 9.90 Å². The highest BCUT2D eigenvalue weighted by atomic mass is 16.3. The van der Waals surface area contributed by atoms with Gasteiger partial charge in [0.25, 0.3) is 0 Å². The molecule has 0 radical (unpaired) electrons. The van der Waals surface area contributed by atoms with E-state index in [1.165, 1.54) is 25.7 Å². The second-order valence-corrected chi connectivity index (χ2v) is 7.39. The molecular formula is C17H31NO2. The number of hydrogen-bond donors (Lipinski definition) is 2. The molecule has 20 heavy (non-hydrogen) atoms. The molecule has 116 valence electrons. The van der Waals surface area contributed by atoms with Crippen molar-refractivity contribution in [3.05, 3.63) is 0 Å². The van der Waals surface area contributed by atoms with E-state index in [2.05, 4.69) is 19.2 Å². The van der Waals surface area contributed by atoms with Crippen molar-refractivity contribution in [3.8, 4) is 0 Å². The van der Waals surface area contributed by atoms with Gasteiger partial charge in [0.2, 0.25) is 5.91 Å². The zero-order chi connectivity index (χ0) is 14.6. The smallest absolute Gasteiger partial charge is 0.226 e. The Kier molecular flexibility index (Phi) is 5.48. The molecule has 0 aromatic rings. The zero-order valence-corrected chi connectivity index (χ0v) is 13.2.